The molecule has 0 atom stereocenters. The molecule has 0 amide bonds. The predicted octanol–water partition coefficient (Wildman–Crippen LogP) is 1.20. The predicted molar refractivity (Wildman–Crippen MR) is 79.3 cm³/mol. The molecule has 3 nitrogen and oxygen atoms in total. The standard InChI is InChI=1S/C15H17BN3/c1-12-11-13-7-6-9-17-15(13)19(3)16(12)14-8-4-5-10-18(14)2/h4-11H,1-3H3/q+1. The lowest BCUT2D eigenvalue weighted by molar-refractivity contribution is -0.654. The molecular formula is C15H17BN3+. The van der Waals surface area contributed by atoms with E-state index in [1.807, 2.05) is 12.3 Å². The van der Waals surface area contributed by atoms with Gasteiger partial charge in [-0.15, -0.1) is 0 Å². The number of allylic oxidation sites excluding steroid dienone is 1. The maximum Gasteiger partial charge on any atom is 0.400 e. The molecule has 0 saturated carbocycles. The summed E-state index contributed by atoms with van der Waals surface area (Å²) in [4.78, 5) is 6.76. The van der Waals surface area contributed by atoms with Gasteiger partial charge in [0.2, 0.25) is 0 Å². The Morgan fingerprint density at radius 3 is 2.84 bits per heavy atom. The molecule has 0 fully saturated rings. The monoisotopic (exact) mass is 250 g/mol. The molecule has 3 heterocycles. The Hall–Kier alpha value is -2.10. The molecule has 0 bridgehead atoms. The van der Waals surface area contributed by atoms with Gasteiger partial charge >= 0.3 is 6.85 Å². The second-order valence-electron chi connectivity index (χ2n) is 5.05. The van der Waals surface area contributed by atoms with Crippen molar-refractivity contribution >= 4 is 24.3 Å². The highest BCUT2D eigenvalue weighted by atomic mass is 15.1. The minimum atomic E-state index is 0.244. The van der Waals surface area contributed by atoms with Crippen molar-refractivity contribution in [2.45, 2.75) is 6.92 Å². The quantitative estimate of drug-likeness (QED) is 0.559. The molecule has 0 unspecified atom stereocenters. The largest absolute Gasteiger partial charge is 0.400 e. The summed E-state index contributed by atoms with van der Waals surface area (Å²) in [5.74, 6) is 1.04. The van der Waals surface area contributed by atoms with Gasteiger partial charge in [0, 0.05) is 17.8 Å². The minimum Gasteiger partial charge on any atom is -0.389 e. The molecule has 0 N–H and O–H groups in total. The average Bonchev–Trinajstić information content (AvgIpc) is 2.41. The summed E-state index contributed by atoms with van der Waals surface area (Å²) in [7, 11) is 4.20. The van der Waals surface area contributed by atoms with Crippen molar-refractivity contribution in [3.05, 3.63) is 53.8 Å². The molecule has 94 valence electrons. The molecule has 4 heteroatoms. The number of pyridine rings is 2. The topological polar surface area (TPSA) is 20.0 Å². The van der Waals surface area contributed by atoms with E-state index in [-0.39, 0.29) is 6.85 Å². The Bertz CT molecular complexity index is 651. The summed E-state index contributed by atoms with van der Waals surface area (Å²) in [5, 5.41) is 0. The van der Waals surface area contributed by atoms with Crippen LogP contribution in [0.4, 0.5) is 5.82 Å². The van der Waals surface area contributed by atoms with Crippen LogP contribution >= 0.6 is 0 Å². The van der Waals surface area contributed by atoms with E-state index in [1.54, 1.807) is 0 Å². The van der Waals surface area contributed by atoms with Gasteiger partial charge in [0.1, 0.15) is 12.9 Å². The van der Waals surface area contributed by atoms with Crippen molar-refractivity contribution in [3.8, 4) is 0 Å². The zero-order chi connectivity index (χ0) is 13.4. The number of fused-ring (bicyclic) bond motifs is 1. The highest BCUT2D eigenvalue weighted by molar-refractivity contribution is 6.82. The van der Waals surface area contributed by atoms with Crippen LogP contribution in [0.1, 0.15) is 12.5 Å². The molecule has 0 aliphatic carbocycles. The number of anilines is 1. The van der Waals surface area contributed by atoms with Crippen LogP contribution in [-0.4, -0.2) is 18.9 Å². The van der Waals surface area contributed by atoms with Crippen molar-refractivity contribution in [2.24, 2.45) is 7.05 Å². The van der Waals surface area contributed by atoms with E-state index in [0.29, 0.717) is 0 Å². The Morgan fingerprint density at radius 2 is 2.05 bits per heavy atom. The van der Waals surface area contributed by atoms with Crippen LogP contribution in [0.25, 0.3) is 6.08 Å². The van der Waals surface area contributed by atoms with Crippen molar-refractivity contribution in [3.63, 3.8) is 0 Å². The van der Waals surface area contributed by atoms with Crippen LogP contribution in [0.3, 0.4) is 0 Å². The molecule has 1 aliphatic rings. The molecule has 2 aromatic heterocycles. The van der Waals surface area contributed by atoms with Crippen molar-refractivity contribution in [1.29, 1.82) is 0 Å². The van der Waals surface area contributed by atoms with Gasteiger partial charge in [0.15, 0.2) is 11.8 Å². The van der Waals surface area contributed by atoms with E-state index < -0.39 is 0 Å². The first-order chi connectivity index (χ1) is 9.18. The minimum absolute atomic E-state index is 0.244. The van der Waals surface area contributed by atoms with Gasteiger partial charge in [-0.25, -0.2) is 9.55 Å². The van der Waals surface area contributed by atoms with E-state index in [4.69, 9.17) is 0 Å². The summed E-state index contributed by atoms with van der Waals surface area (Å²) in [6.45, 7) is 2.43. The normalized spacial score (nSPS) is 14.2. The van der Waals surface area contributed by atoms with Crippen molar-refractivity contribution in [2.75, 3.05) is 11.9 Å². The molecule has 0 radical (unpaired) electrons. The number of nitrogens with zero attached hydrogens (tertiary/aromatic N) is 3. The Kier molecular flexibility index (Phi) is 2.86. The zero-order valence-corrected chi connectivity index (χ0v) is 11.5. The summed E-state index contributed by atoms with van der Waals surface area (Å²) < 4.78 is 2.17. The first-order valence-corrected chi connectivity index (χ1v) is 6.49. The van der Waals surface area contributed by atoms with E-state index >= 15 is 0 Å². The Labute approximate surface area is 114 Å². The van der Waals surface area contributed by atoms with Crippen LogP contribution in [0.15, 0.2) is 48.2 Å². The summed E-state index contributed by atoms with van der Waals surface area (Å²) in [5.41, 5.74) is 3.80. The lowest BCUT2D eigenvalue weighted by Crippen LogP contribution is -2.62. The number of aromatic nitrogens is 2. The Balaban J connectivity index is 2.13. The highest BCUT2D eigenvalue weighted by Crippen LogP contribution is 2.26. The summed E-state index contributed by atoms with van der Waals surface area (Å²) in [6, 6.07) is 10.4. The zero-order valence-electron chi connectivity index (χ0n) is 11.5. The van der Waals surface area contributed by atoms with Crippen LogP contribution in [0.5, 0.6) is 0 Å². The smallest absolute Gasteiger partial charge is 0.389 e. The molecule has 1 aliphatic heterocycles. The van der Waals surface area contributed by atoms with Gasteiger partial charge in [0.05, 0.1) is 0 Å². The van der Waals surface area contributed by atoms with E-state index in [2.05, 4.69) is 71.9 Å². The summed E-state index contributed by atoms with van der Waals surface area (Å²) >= 11 is 0. The third-order valence-corrected chi connectivity index (χ3v) is 3.73. The fourth-order valence-corrected chi connectivity index (χ4v) is 2.82. The third-order valence-electron chi connectivity index (χ3n) is 3.73. The molecule has 3 rings (SSSR count). The van der Waals surface area contributed by atoms with Gasteiger partial charge in [-0.1, -0.05) is 17.6 Å². The molecular weight excluding hydrogens is 233 g/mol. The van der Waals surface area contributed by atoms with E-state index in [9.17, 15) is 0 Å². The average molecular weight is 250 g/mol. The first-order valence-electron chi connectivity index (χ1n) is 6.49. The maximum absolute atomic E-state index is 4.51. The van der Waals surface area contributed by atoms with E-state index in [0.717, 1.165) is 5.82 Å². The molecule has 0 aromatic carbocycles. The molecule has 0 saturated heterocycles. The van der Waals surface area contributed by atoms with Gasteiger partial charge in [-0.2, -0.15) is 0 Å². The van der Waals surface area contributed by atoms with Crippen LogP contribution < -0.4 is 15.0 Å². The SMILES string of the molecule is CC1=Cc2cccnc2N(C)B1c1cccc[n+]1C. The second-order valence-corrected chi connectivity index (χ2v) is 5.05. The summed E-state index contributed by atoms with van der Waals surface area (Å²) in [6.07, 6.45) is 6.18. The first kappa shape index (κ1) is 12.0. The lowest BCUT2D eigenvalue weighted by Gasteiger charge is -2.30. The molecule has 2 aromatic rings. The van der Waals surface area contributed by atoms with Crippen molar-refractivity contribution < 1.29 is 4.57 Å². The molecule has 0 spiro atoms. The van der Waals surface area contributed by atoms with Gasteiger partial charge < -0.3 is 4.81 Å². The number of hydrogen-bond donors (Lipinski definition) is 0. The van der Waals surface area contributed by atoms with Gasteiger partial charge in [-0.3, -0.25) is 0 Å². The fraction of sp³-hybridized carbons (Fsp3) is 0.200. The Morgan fingerprint density at radius 1 is 1.21 bits per heavy atom. The van der Waals surface area contributed by atoms with E-state index in [1.165, 1.54) is 16.6 Å². The van der Waals surface area contributed by atoms with Gasteiger partial charge in [-0.05, 0) is 32.2 Å². The second kappa shape index (κ2) is 4.54. The van der Waals surface area contributed by atoms with Crippen molar-refractivity contribution in [1.82, 2.24) is 4.98 Å². The highest BCUT2D eigenvalue weighted by Gasteiger charge is 2.36. The van der Waals surface area contributed by atoms with Gasteiger partial charge in [0.25, 0.3) is 0 Å². The third kappa shape index (κ3) is 1.93. The maximum atomic E-state index is 4.51. The molecule has 19 heavy (non-hydrogen) atoms. The van der Waals surface area contributed by atoms with Crippen LogP contribution in [0, 0.1) is 0 Å². The number of aryl methyl sites for hydroxylation is 1. The van der Waals surface area contributed by atoms with Crippen LogP contribution in [0.2, 0.25) is 0 Å². The fourth-order valence-electron chi connectivity index (χ4n) is 2.82. The number of rotatable bonds is 1. The lowest BCUT2D eigenvalue weighted by atomic mass is 9.49. The van der Waals surface area contributed by atoms with Crippen LogP contribution in [-0.2, 0) is 7.05 Å². The number of hydrogen-bond acceptors (Lipinski definition) is 2.